The van der Waals surface area contributed by atoms with Crippen LogP contribution in [0.15, 0.2) is 96.5 Å². The predicted octanol–water partition coefficient (Wildman–Crippen LogP) is 9.65. The minimum absolute atomic E-state index is 0.0539. The SMILES string of the molecule is C=C/C=C(\C=C)C(=Nc1cc(C)c(Cc2ccc(O)c(C(C)C)c2)c(Cl)c1F)c1ccccc1.CC. The first-order valence-corrected chi connectivity index (χ1v) is 12.5. The number of nitrogens with zero attached hydrogens (tertiary/aromatic N) is 1. The van der Waals surface area contributed by atoms with Crippen LogP contribution in [0.5, 0.6) is 5.75 Å². The maximum atomic E-state index is 15.5. The molecule has 3 aromatic rings. The minimum atomic E-state index is -0.569. The van der Waals surface area contributed by atoms with Crippen LogP contribution in [0.2, 0.25) is 5.02 Å². The molecular formula is C32H35ClFNO. The first-order valence-electron chi connectivity index (χ1n) is 12.2. The van der Waals surface area contributed by atoms with Gasteiger partial charge in [-0.1, -0.05) is 113 Å². The molecule has 1 N–H and O–H groups in total. The van der Waals surface area contributed by atoms with Crippen molar-refractivity contribution >= 4 is 23.0 Å². The zero-order valence-corrected chi connectivity index (χ0v) is 22.5. The molecule has 36 heavy (non-hydrogen) atoms. The molecule has 0 heterocycles. The topological polar surface area (TPSA) is 32.6 Å². The highest BCUT2D eigenvalue weighted by molar-refractivity contribution is 6.32. The molecule has 0 spiro atoms. The molecule has 0 saturated heterocycles. The van der Waals surface area contributed by atoms with E-state index in [9.17, 15) is 5.11 Å². The third-order valence-electron chi connectivity index (χ3n) is 5.68. The van der Waals surface area contributed by atoms with E-state index in [-0.39, 0.29) is 22.4 Å². The van der Waals surface area contributed by atoms with E-state index in [0.717, 1.165) is 27.8 Å². The van der Waals surface area contributed by atoms with Gasteiger partial charge in [-0.3, -0.25) is 0 Å². The van der Waals surface area contributed by atoms with E-state index in [1.54, 1.807) is 30.4 Å². The van der Waals surface area contributed by atoms with Crippen LogP contribution in [0.4, 0.5) is 10.1 Å². The number of aryl methyl sites for hydroxylation is 1. The normalized spacial score (nSPS) is 11.7. The molecule has 0 aromatic heterocycles. The Morgan fingerprint density at radius 1 is 1.08 bits per heavy atom. The molecule has 0 radical (unpaired) electrons. The lowest BCUT2D eigenvalue weighted by molar-refractivity contribution is 0.464. The van der Waals surface area contributed by atoms with Crippen molar-refractivity contribution in [2.75, 3.05) is 0 Å². The Morgan fingerprint density at radius 3 is 2.33 bits per heavy atom. The largest absolute Gasteiger partial charge is 0.508 e. The van der Waals surface area contributed by atoms with Crippen LogP contribution in [-0.4, -0.2) is 10.8 Å². The van der Waals surface area contributed by atoms with Gasteiger partial charge in [0.2, 0.25) is 0 Å². The van der Waals surface area contributed by atoms with Crippen LogP contribution >= 0.6 is 11.6 Å². The molecule has 3 rings (SSSR count). The Bertz CT molecular complexity index is 1270. The number of hydrogen-bond acceptors (Lipinski definition) is 2. The number of phenols is 1. The molecular weight excluding hydrogens is 469 g/mol. The Balaban J connectivity index is 0.00000222. The number of aliphatic imine (C=N–C) groups is 1. The van der Waals surface area contributed by atoms with Crippen molar-refractivity contribution < 1.29 is 9.50 Å². The predicted molar refractivity (Wildman–Crippen MR) is 154 cm³/mol. The van der Waals surface area contributed by atoms with Gasteiger partial charge in [0, 0.05) is 11.1 Å². The van der Waals surface area contributed by atoms with Crippen molar-refractivity contribution in [3.05, 3.63) is 130 Å². The lowest BCUT2D eigenvalue weighted by atomic mass is 9.94. The maximum Gasteiger partial charge on any atom is 0.167 e. The molecule has 0 unspecified atom stereocenters. The summed E-state index contributed by atoms with van der Waals surface area (Å²) in [5.41, 5.74) is 5.64. The molecule has 4 heteroatoms. The van der Waals surface area contributed by atoms with E-state index in [0.29, 0.717) is 17.7 Å². The van der Waals surface area contributed by atoms with E-state index in [2.05, 4.69) is 18.2 Å². The van der Waals surface area contributed by atoms with Gasteiger partial charge >= 0.3 is 0 Å². The Morgan fingerprint density at radius 2 is 1.75 bits per heavy atom. The van der Waals surface area contributed by atoms with Gasteiger partial charge in [-0.05, 0) is 53.6 Å². The van der Waals surface area contributed by atoms with Crippen molar-refractivity contribution in [1.82, 2.24) is 0 Å². The second kappa shape index (κ2) is 13.6. The van der Waals surface area contributed by atoms with Gasteiger partial charge in [-0.25, -0.2) is 9.38 Å². The molecule has 0 aliphatic heterocycles. The molecule has 0 aliphatic carbocycles. The number of rotatable bonds is 8. The van der Waals surface area contributed by atoms with E-state index >= 15 is 4.39 Å². The Kier molecular flexibility index (Phi) is 10.9. The maximum absolute atomic E-state index is 15.5. The molecule has 0 bridgehead atoms. The van der Waals surface area contributed by atoms with Crippen LogP contribution in [0.25, 0.3) is 0 Å². The van der Waals surface area contributed by atoms with Crippen LogP contribution in [0.1, 0.15) is 61.4 Å². The molecule has 0 saturated carbocycles. The highest BCUT2D eigenvalue weighted by Crippen LogP contribution is 2.35. The van der Waals surface area contributed by atoms with Gasteiger partial charge < -0.3 is 5.11 Å². The number of allylic oxidation sites excluding steroid dienone is 4. The van der Waals surface area contributed by atoms with Gasteiger partial charge in [-0.15, -0.1) is 0 Å². The third-order valence-corrected chi connectivity index (χ3v) is 6.07. The fourth-order valence-electron chi connectivity index (χ4n) is 3.84. The summed E-state index contributed by atoms with van der Waals surface area (Å²) in [5, 5.41) is 10.2. The molecule has 188 valence electrons. The summed E-state index contributed by atoms with van der Waals surface area (Å²) in [4.78, 5) is 4.67. The van der Waals surface area contributed by atoms with Crippen LogP contribution in [-0.2, 0) is 6.42 Å². The van der Waals surface area contributed by atoms with Gasteiger partial charge in [0.15, 0.2) is 5.82 Å². The minimum Gasteiger partial charge on any atom is -0.508 e. The molecule has 0 amide bonds. The number of hydrogen-bond donors (Lipinski definition) is 1. The standard InChI is InChI=1S/C30H29ClFNO.C2H6/c1-6-11-22(7-2)30(23-12-9-8-10-13-23)33-26-16-20(5)25(28(31)29(26)32)18-21-14-15-27(34)24(17-21)19(3)4;1-2/h6-17,19,34H,1-2,18H2,3-5H3;1-2H3/b22-11+,33-30?;. The first kappa shape index (κ1) is 28.8. The van der Waals surface area contributed by atoms with E-state index in [4.69, 9.17) is 11.6 Å². The quantitative estimate of drug-likeness (QED) is 0.241. The summed E-state index contributed by atoms with van der Waals surface area (Å²) in [6.45, 7) is 17.6. The van der Waals surface area contributed by atoms with Crippen LogP contribution in [0, 0.1) is 12.7 Å². The number of aromatic hydroxyl groups is 1. The fraction of sp³-hybridized carbons (Fsp3) is 0.219. The van der Waals surface area contributed by atoms with Crippen molar-refractivity contribution in [3.63, 3.8) is 0 Å². The van der Waals surface area contributed by atoms with Gasteiger partial charge in [-0.2, -0.15) is 0 Å². The summed E-state index contributed by atoms with van der Waals surface area (Å²) in [7, 11) is 0. The highest BCUT2D eigenvalue weighted by atomic mass is 35.5. The van der Waals surface area contributed by atoms with Crippen molar-refractivity contribution in [3.8, 4) is 5.75 Å². The summed E-state index contributed by atoms with van der Waals surface area (Å²) in [6, 6.07) is 16.7. The number of phenolic OH excluding ortho intramolecular Hbond substituents is 1. The Hall–Kier alpha value is -3.43. The zero-order valence-electron chi connectivity index (χ0n) is 21.8. The molecule has 3 aromatic carbocycles. The zero-order chi connectivity index (χ0) is 26.8. The van der Waals surface area contributed by atoms with E-state index in [1.165, 1.54) is 0 Å². The molecule has 2 nitrogen and oxygen atoms in total. The van der Waals surface area contributed by atoms with Gasteiger partial charge in [0.1, 0.15) is 11.4 Å². The third kappa shape index (κ3) is 6.83. The van der Waals surface area contributed by atoms with Gasteiger partial charge in [0.25, 0.3) is 0 Å². The van der Waals surface area contributed by atoms with Crippen molar-refractivity contribution in [1.29, 1.82) is 0 Å². The van der Waals surface area contributed by atoms with Crippen molar-refractivity contribution in [2.24, 2.45) is 4.99 Å². The van der Waals surface area contributed by atoms with E-state index < -0.39 is 5.82 Å². The van der Waals surface area contributed by atoms with Crippen LogP contribution in [0.3, 0.4) is 0 Å². The second-order valence-corrected chi connectivity index (χ2v) is 8.81. The average molecular weight is 504 g/mol. The summed E-state index contributed by atoms with van der Waals surface area (Å²) in [6.07, 6.45) is 5.56. The van der Waals surface area contributed by atoms with Gasteiger partial charge in [0.05, 0.1) is 10.7 Å². The van der Waals surface area contributed by atoms with Crippen molar-refractivity contribution in [2.45, 2.75) is 47.0 Å². The number of benzene rings is 3. The molecule has 0 atom stereocenters. The smallest absolute Gasteiger partial charge is 0.167 e. The summed E-state index contributed by atoms with van der Waals surface area (Å²) >= 11 is 6.55. The summed E-state index contributed by atoms with van der Waals surface area (Å²) < 4.78 is 15.5. The second-order valence-electron chi connectivity index (χ2n) is 8.43. The van der Waals surface area contributed by atoms with E-state index in [1.807, 2.05) is 77.1 Å². The highest BCUT2D eigenvalue weighted by Gasteiger charge is 2.18. The lowest BCUT2D eigenvalue weighted by Crippen LogP contribution is -2.04. The molecule has 0 aliphatic rings. The molecule has 0 fully saturated rings. The average Bonchev–Trinajstić information content (AvgIpc) is 2.89. The first-order chi connectivity index (χ1) is 17.3. The van der Waals surface area contributed by atoms with Crippen LogP contribution < -0.4 is 0 Å². The number of halogens is 2. The fourth-order valence-corrected chi connectivity index (χ4v) is 4.15. The lowest BCUT2D eigenvalue weighted by Gasteiger charge is -2.15. The summed E-state index contributed by atoms with van der Waals surface area (Å²) in [5.74, 6) is -0.138. The monoisotopic (exact) mass is 503 g/mol. The Labute approximate surface area is 220 Å².